The molecular weight excluding hydrogens is 284 g/mol. The van der Waals surface area contributed by atoms with Crippen LogP contribution in [-0.2, 0) is 4.74 Å². The van der Waals surface area contributed by atoms with Crippen molar-refractivity contribution >= 4 is 11.4 Å². The van der Waals surface area contributed by atoms with Crippen LogP contribution in [0.2, 0.25) is 0 Å². The Balaban J connectivity index is 2.04. The van der Waals surface area contributed by atoms with E-state index in [0.717, 1.165) is 38.4 Å². The highest BCUT2D eigenvalue weighted by Crippen LogP contribution is 2.13. The number of rotatable bonds is 15. The van der Waals surface area contributed by atoms with Crippen LogP contribution in [0.3, 0.4) is 0 Å². The molecule has 23 heavy (non-hydrogen) atoms. The smallest absolute Gasteiger partial charge is 0.0639 e. The average molecular weight is 321 g/mol. The Morgan fingerprint density at radius 2 is 1.22 bits per heavy atom. The monoisotopic (exact) mass is 320 g/mol. The highest BCUT2D eigenvalue weighted by Gasteiger charge is 1.95. The fourth-order valence-electron chi connectivity index (χ4n) is 2.46. The average Bonchev–Trinajstić information content (AvgIpc) is 2.58. The lowest BCUT2D eigenvalue weighted by molar-refractivity contribution is 0.141. The van der Waals surface area contributed by atoms with Crippen LogP contribution in [0.5, 0.6) is 0 Å². The second-order valence-electron chi connectivity index (χ2n) is 6.16. The zero-order valence-electron chi connectivity index (χ0n) is 15.2. The van der Waals surface area contributed by atoms with Gasteiger partial charge in [-0.2, -0.15) is 0 Å². The van der Waals surface area contributed by atoms with Crippen molar-refractivity contribution in [3.63, 3.8) is 0 Å². The molecule has 0 spiro atoms. The van der Waals surface area contributed by atoms with Crippen molar-refractivity contribution in [2.45, 2.75) is 65.2 Å². The van der Waals surface area contributed by atoms with Gasteiger partial charge < -0.3 is 15.4 Å². The van der Waals surface area contributed by atoms with Crippen LogP contribution in [0.4, 0.5) is 11.4 Å². The highest BCUT2D eigenvalue weighted by atomic mass is 16.5. The lowest BCUT2D eigenvalue weighted by Crippen LogP contribution is -2.10. The van der Waals surface area contributed by atoms with Gasteiger partial charge in [0.15, 0.2) is 0 Å². The normalized spacial score (nSPS) is 10.7. The van der Waals surface area contributed by atoms with Crippen molar-refractivity contribution in [2.75, 3.05) is 36.9 Å². The summed E-state index contributed by atoms with van der Waals surface area (Å²) in [6, 6.07) is 8.57. The molecule has 3 heteroatoms. The maximum atomic E-state index is 5.55. The van der Waals surface area contributed by atoms with E-state index in [0.29, 0.717) is 0 Å². The van der Waals surface area contributed by atoms with Gasteiger partial charge in [-0.15, -0.1) is 0 Å². The van der Waals surface area contributed by atoms with E-state index in [9.17, 15) is 0 Å². The summed E-state index contributed by atoms with van der Waals surface area (Å²) in [6.45, 7) is 8.04. The Hall–Kier alpha value is -1.22. The molecule has 0 heterocycles. The Bertz CT molecular complexity index is 364. The maximum absolute atomic E-state index is 5.55. The minimum Gasteiger partial charge on any atom is -0.385 e. The number of hydrogen-bond donors (Lipinski definition) is 2. The molecule has 1 rings (SSSR count). The highest BCUT2D eigenvalue weighted by molar-refractivity contribution is 5.53. The molecule has 0 unspecified atom stereocenters. The van der Waals surface area contributed by atoms with Gasteiger partial charge >= 0.3 is 0 Å². The molecule has 0 saturated carbocycles. The third kappa shape index (κ3) is 11.0. The maximum Gasteiger partial charge on any atom is 0.0639 e. The Morgan fingerprint density at radius 1 is 0.652 bits per heavy atom. The zero-order chi connectivity index (χ0) is 16.6. The number of benzene rings is 1. The molecule has 0 fully saturated rings. The van der Waals surface area contributed by atoms with Crippen LogP contribution in [0.1, 0.15) is 65.2 Å². The zero-order valence-corrected chi connectivity index (χ0v) is 15.2. The number of unbranched alkanes of at least 4 members (excludes halogenated alkanes) is 6. The third-order valence-corrected chi connectivity index (χ3v) is 3.96. The van der Waals surface area contributed by atoms with Crippen LogP contribution >= 0.6 is 0 Å². The first-order valence-corrected chi connectivity index (χ1v) is 9.52. The van der Waals surface area contributed by atoms with Gasteiger partial charge in [0.1, 0.15) is 0 Å². The van der Waals surface area contributed by atoms with E-state index in [4.69, 9.17) is 4.74 Å². The fourth-order valence-corrected chi connectivity index (χ4v) is 2.46. The van der Waals surface area contributed by atoms with Gasteiger partial charge in [-0.25, -0.2) is 0 Å². The van der Waals surface area contributed by atoms with Crippen LogP contribution in [0.25, 0.3) is 0 Å². The molecule has 0 saturated heterocycles. The molecule has 132 valence electrons. The quantitative estimate of drug-likeness (QED) is 0.407. The molecule has 1 aromatic rings. The number of hydrogen-bond acceptors (Lipinski definition) is 3. The summed E-state index contributed by atoms with van der Waals surface area (Å²) >= 11 is 0. The molecular formula is C20H36N2O. The Morgan fingerprint density at radius 3 is 1.87 bits per heavy atom. The summed E-state index contributed by atoms with van der Waals surface area (Å²) in [5.74, 6) is 0. The van der Waals surface area contributed by atoms with Gasteiger partial charge in [-0.05, 0) is 37.1 Å². The van der Waals surface area contributed by atoms with Gasteiger partial charge in [0.2, 0.25) is 0 Å². The molecule has 0 aliphatic heterocycles. The lowest BCUT2D eigenvalue weighted by Gasteiger charge is -2.09. The first-order valence-electron chi connectivity index (χ1n) is 9.52. The van der Waals surface area contributed by atoms with Crippen LogP contribution in [0, 0.1) is 0 Å². The molecule has 0 aliphatic rings. The SMILES string of the molecule is CCCCCCCCNc1ccc(NCCOCCCC)cc1. The predicted octanol–water partition coefficient (Wildman–Crippen LogP) is 5.69. The van der Waals surface area contributed by atoms with Crippen molar-refractivity contribution < 1.29 is 4.74 Å². The van der Waals surface area contributed by atoms with E-state index >= 15 is 0 Å². The molecule has 0 amide bonds. The van der Waals surface area contributed by atoms with Crippen molar-refractivity contribution in [3.8, 4) is 0 Å². The van der Waals surface area contributed by atoms with Gasteiger partial charge in [0.25, 0.3) is 0 Å². The second kappa shape index (κ2) is 14.4. The number of nitrogens with one attached hydrogen (secondary N) is 2. The van der Waals surface area contributed by atoms with Crippen LogP contribution < -0.4 is 10.6 Å². The van der Waals surface area contributed by atoms with Crippen molar-refractivity contribution in [2.24, 2.45) is 0 Å². The summed E-state index contributed by atoms with van der Waals surface area (Å²) in [5, 5.41) is 6.89. The summed E-state index contributed by atoms with van der Waals surface area (Å²) in [4.78, 5) is 0. The molecule has 2 N–H and O–H groups in total. The third-order valence-electron chi connectivity index (χ3n) is 3.96. The van der Waals surface area contributed by atoms with Crippen LogP contribution in [-0.4, -0.2) is 26.3 Å². The topological polar surface area (TPSA) is 33.3 Å². The summed E-state index contributed by atoms with van der Waals surface area (Å²) < 4.78 is 5.55. The molecule has 0 atom stereocenters. The van der Waals surface area contributed by atoms with Crippen molar-refractivity contribution in [1.82, 2.24) is 0 Å². The van der Waals surface area contributed by atoms with Crippen molar-refractivity contribution in [3.05, 3.63) is 24.3 Å². The number of anilines is 2. The van der Waals surface area contributed by atoms with Crippen LogP contribution in [0.15, 0.2) is 24.3 Å². The molecule has 3 nitrogen and oxygen atoms in total. The van der Waals surface area contributed by atoms with Gasteiger partial charge in [-0.3, -0.25) is 0 Å². The Labute approximate surface area is 143 Å². The molecule has 0 bridgehead atoms. The van der Waals surface area contributed by atoms with E-state index in [1.807, 2.05) is 0 Å². The molecule has 0 aliphatic carbocycles. The van der Waals surface area contributed by atoms with E-state index in [1.165, 1.54) is 50.6 Å². The second-order valence-corrected chi connectivity index (χ2v) is 6.16. The minimum absolute atomic E-state index is 0.776. The van der Waals surface area contributed by atoms with Gasteiger partial charge in [0, 0.05) is 31.1 Å². The molecule has 1 aromatic carbocycles. The number of ether oxygens (including phenoxy) is 1. The largest absolute Gasteiger partial charge is 0.385 e. The predicted molar refractivity (Wildman–Crippen MR) is 103 cm³/mol. The van der Waals surface area contributed by atoms with E-state index in [1.54, 1.807) is 0 Å². The fraction of sp³-hybridized carbons (Fsp3) is 0.700. The van der Waals surface area contributed by atoms with E-state index < -0.39 is 0 Å². The summed E-state index contributed by atoms with van der Waals surface area (Å²) in [5.41, 5.74) is 2.37. The van der Waals surface area contributed by atoms with Crippen molar-refractivity contribution in [1.29, 1.82) is 0 Å². The first kappa shape index (κ1) is 19.8. The molecule has 0 aromatic heterocycles. The molecule has 0 radical (unpaired) electrons. The van der Waals surface area contributed by atoms with Gasteiger partial charge in [0.05, 0.1) is 6.61 Å². The minimum atomic E-state index is 0.776. The standard InChI is InChI=1S/C20H36N2O/c1-3-5-7-8-9-10-15-21-19-11-13-20(14-12-19)22-16-18-23-17-6-4-2/h11-14,21-22H,3-10,15-18H2,1-2H3. The Kier molecular flexibility index (Phi) is 12.4. The lowest BCUT2D eigenvalue weighted by atomic mass is 10.1. The summed E-state index contributed by atoms with van der Waals surface area (Å²) in [6.07, 6.45) is 10.4. The van der Waals surface area contributed by atoms with E-state index in [2.05, 4.69) is 48.7 Å². The first-order chi connectivity index (χ1) is 11.4. The van der Waals surface area contributed by atoms with E-state index in [-0.39, 0.29) is 0 Å². The van der Waals surface area contributed by atoms with Gasteiger partial charge in [-0.1, -0.05) is 52.4 Å². The summed E-state index contributed by atoms with van der Waals surface area (Å²) in [7, 11) is 0.